The first-order valence-electron chi connectivity index (χ1n) is 7.43. The van der Waals surface area contributed by atoms with Crippen molar-refractivity contribution >= 4 is 26.0 Å². The van der Waals surface area contributed by atoms with Crippen molar-refractivity contribution in [1.29, 1.82) is 0 Å². The Kier molecular flexibility index (Phi) is 5.82. The van der Waals surface area contributed by atoms with E-state index >= 15 is 0 Å². The fraction of sp³-hybridized carbons (Fsp3) is 0.600. The van der Waals surface area contributed by atoms with Gasteiger partial charge in [0.25, 0.3) is 0 Å². The minimum atomic E-state index is -3.44. The quantitative estimate of drug-likeness (QED) is 0.861. The van der Waals surface area contributed by atoms with Gasteiger partial charge in [-0.15, -0.1) is 0 Å². The normalized spacial score (nSPS) is 18.0. The summed E-state index contributed by atoms with van der Waals surface area (Å²) in [6.07, 6.45) is 2.91. The maximum atomic E-state index is 12.5. The van der Waals surface area contributed by atoms with E-state index in [0.717, 1.165) is 48.9 Å². The zero-order valence-corrected chi connectivity index (χ0v) is 15.0. The van der Waals surface area contributed by atoms with Crippen molar-refractivity contribution in [3.05, 3.63) is 28.2 Å². The Labute approximate surface area is 136 Å². The number of hydrogen-bond donors (Lipinski definition) is 1. The van der Waals surface area contributed by atoms with E-state index in [-0.39, 0.29) is 6.04 Å². The molecular formula is C15H23BrN2O2S. The van der Waals surface area contributed by atoms with Crippen LogP contribution in [0.1, 0.15) is 31.7 Å². The molecule has 1 aromatic carbocycles. The second-order valence-corrected chi connectivity index (χ2v) is 8.25. The summed E-state index contributed by atoms with van der Waals surface area (Å²) in [6, 6.07) is 5.39. The van der Waals surface area contributed by atoms with Crippen LogP contribution < -0.4 is 4.72 Å². The number of halogens is 1. The van der Waals surface area contributed by atoms with E-state index in [1.54, 1.807) is 6.07 Å². The summed E-state index contributed by atoms with van der Waals surface area (Å²) in [5.41, 5.74) is 0.772. The van der Waals surface area contributed by atoms with Gasteiger partial charge in [0, 0.05) is 10.5 Å². The molecule has 4 nitrogen and oxygen atoms in total. The van der Waals surface area contributed by atoms with Gasteiger partial charge in [0.1, 0.15) is 0 Å². The highest BCUT2D eigenvalue weighted by Gasteiger charge is 2.25. The van der Waals surface area contributed by atoms with E-state index in [0.29, 0.717) is 4.90 Å². The van der Waals surface area contributed by atoms with Gasteiger partial charge in [-0.3, -0.25) is 0 Å². The lowest BCUT2D eigenvalue weighted by molar-refractivity contribution is 0.208. The summed E-state index contributed by atoms with van der Waals surface area (Å²) < 4.78 is 28.7. The van der Waals surface area contributed by atoms with Crippen molar-refractivity contribution in [2.45, 2.75) is 44.0 Å². The number of benzene rings is 1. The molecular weight excluding hydrogens is 352 g/mol. The van der Waals surface area contributed by atoms with Crippen LogP contribution in [0.25, 0.3) is 0 Å². The third-order valence-corrected chi connectivity index (χ3v) is 6.04. The van der Waals surface area contributed by atoms with Crippen LogP contribution in [0.5, 0.6) is 0 Å². The zero-order chi connectivity index (χ0) is 15.5. The Hall–Kier alpha value is -0.430. The monoisotopic (exact) mass is 374 g/mol. The molecule has 118 valence electrons. The van der Waals surface area contributed by atoms with Crippen molar-refractivity contribution in [1.82, 2.24) is 9.62 Å². The molecule has 1 saturated heterocycles. The summed E-state index contributed by atoms with van der Waals surface area (Å²) in [4.78, 5) is 2.77. The molecule has 0 atom stereocenters. The minimum Gasteiger partial charge on any atom is -0.303 e. The van der Waals surface area contributed by atoms with E-state index in [1.807, 2.05) is 19.1 Å². The minimum absolute atomic E-state index is 0.0430. The van der Waals surface area contributed by atoms with Crippen molar-refractivity contribution in [2.24, 2.45) is 0 Å². The van der Waals surface area contributed by atoms with Crippen LogP contribution in [0.4, 0.5) is 0 Å². The Morgan fingerprint density at radius 3 is 2.62 bits per heavy atom. The average molecular weight is 375 g/mol. The fourth-order valence-corrected chi connectivity index (χ4v) is 4.83. The summed E-state index contributed by atoms with van der Waals surface area (Å²) in [5.74, 6) is 0. The van der Waals surface area contributed by atoms with E-state index in [1.165, 1.54) is 0 Å². The van der Waals surface area contributed by atoms with Crippen LogP contribution in [0.2, 0.25) is 0 Å². The molecule has 0 unspecified atom stereocenters. The Bertz CT molecular complexity index is 581. The van der Waals surface area contributed by atoms with Gasteiger partial charge in [-0.1, -0.05) is 28.9 Å². The molecule has 0 aliphatic carbocycles. The number of sulfonamides is 1. The SMILES string of the molecule is CCCN1CCC(NS(=O)(=O)c2cc(Br)ccc2C)CC1. The van der Waals surface area contributed by atoms with E-state index in [4.69, 9.17) is 0 Å². The zero-order valence-electron chi connectivity index (χ0n) is 12.6. The maximum Gasteiger partial charge on any atom is 0.241 e. The van der Waals surface area contributed by atoms with Gasteiger partial charge in [0.15, 0.2) is 0 Å². The van der Waals surface area contributed by atoms with Crippen LogP contribution in [-0.4, -0.2) is 39.0 Å². The van der Waals surface area contributed by atoms with Crippen molar-refractivity contribution in [3.63, 3.8) is 0 Å². The number of likely N-dealkylation sites (tertiary alicyclic amines) is 1. The topological polar surface area (TPSA) is 49.4 Å². The molecule has 1 aromatic rings. The van der Waals surface area contributed by atoms with Gasteiger partial charge in [-0.25, -0.2) is 13.1 Å². The molecule has 1 aliphatic rings. The number of aryl methyl sites for hydroxylation is 1. The van der Waals surface area contributed by atoms with E-state index in [9.17, 15) is 8.42 Å². The van der Waals surface area contributed by atoms with Crippen molar-refractivity contribution in [2.75, 3.05) is 19.6 Å². The number of nitrogens with zero attached hydrogens (tertiary/aromatic N) is 1. The largest absolute Gasteiger partial charge is 0.303 e. The smallest absolute Gasteiger partial charge is 0.241 e. The van der Waals surface area contributed by atoms with Crippen molar-refractivity contribution < 1.29 is 8.42 Å². The molecule has 2 rings (SSSR count). The van der Waals surface area contributed by atoms with E-state index in [2.05, 4.69) is 32.5 Å². The highest BCUT2D eigenvalue weighted by molar-refractivity contribution is 9.10. The first-order valence-corrected chi connectivity index (χ1v) is 9.71. The van der Waals surface area contributed by atoms with Gasteiger partial charge in [0.2, 0.25) is 10.0 Å². The molecule has 0 aromatic heterocycles. The second kappa shape index (κ2) is 7.22. The number of piperidine rings is 1. The Morgan fingerprint density at radius 2 is 2.00 bits per heavy atom. The molecule has 0 saturated carbocycles. The van der Waals surface area contributed by atoms with Gasteiger partial charge in [-0.2, -0.15) is 0 Å². The Morgan fingerprint density at radius 1 is 1.33 bits per heavy atom. The lowest BCUT2D eigenvalue weighted by Gasteiger charge is -2.32. The summed E-state index contributed by atoms with van der Waals surface area (Å²) >= 11 is 3.34. The highest BCUT2D eigenvalue weighted by atomic mass is 79.9. The molecule has 0 bridgehead atoms. The van der Waals surface area contributed by atoms with Crippen LogP contribution in [-0.2, 0) is 10.0 Å². The average Bonchev–Trinajstić information content (AvgIpc) is 2.43. The molecule has 1 N–H and O–H groups in total. The number of rotatable bonds is 5. The molecule has 0 spiro atoms. The molecule has 6 heteroatoms. The van der Waals surface area contributed by atoms with Gasteiger partial charge >= 0.3 is 0 Å². The molecule has 1 aliphatic heterocycles. The lowest BCUT2D eigenvalue weighted by atomic mass is 10.1. The van der Waals surface area contributed by atoms with Crippen LogP contribution in [0, 0.1) is 6.92 Å². The summed E-state index contributed by atoms with van der Waals surface area (Å²) in [5, 5.41) is 0. The molecule has 0 radical (unpaired) electrons. The predicted octanol–water partition coefficient (Wildman–Crippen LogP) is 2.91. The van der Waals surface area contributed by atoms with Gasteiger partial charge in [0.05, 0.1) is 4.90 Å². The first-order chi connectivity index (χ1) is 9.92. The summed E-state index contributed by atoms with van der Waals surface area (Å²) in [6.45, 7) is 7.04. The van der Waals surface area contributed by atoms with Crippen LogP contribution in [0.15, 0.2) is 27.6 Å². The number of nitrogens with one attached hydrogen (secondary N) is 1. The van der Waals surface area contributed by atoms with E-state index < -0.39 is 10.0 Å². The Balaban J connectivity index is 2.04. The highest BCUT2D eigenvalue weighted by Crippen LogP contribution is 2.22. The third-order valence-electron chi connectivity index (χ3n) is 3.89. The van der Waals surface area contributed by atoms with Gasteiger partial charge < -0.3 is 4.90 Å². The van der Waals surface area contributed by atoms with Crippen LogP contribution >= 0.6 is 15.9 Å². The molecule has 0 amide bonds. The lowest BCUT2D eigenvalue weighted by Crippen LogP contribution is -2.44. The second-order valence-electron chi connectivity index (χ2n) is 5.65. The third kappa shape index (κ3) is 4.52. The summed E-state index contributed by atoms with van der Waals surface area (Å²) in [7, 11) is -3.44. The fourth-order valence-electron chi connectivity index (χ4n) is 2.74. The standard InChI is InChI=1S/C15H23BrN2O2S/c1-3-8-18-9-6-14(7-10-18)17-21(19,20)15-11-13(16)5-4-12(15)2/h4-5,11,14,17H,3,6-10H2,1-2H3. The predicted molar refractivity (Wildman–Crippen MR) is 89.0 cm³/mol. The van der Waals surface area contributed by atoms with Crippen molar-refractivity contribution in [3.8, 4) is 0 Å². The van der Waals surface area contributed by atoms with Gasteiger partial charge in [-0.05, 0) is 63.5 Å². The number of hydrogen-bond acceptors (Lipinski definition) is 3. The maximum absolute atomic E-state index is 12.5. The molecule has 1 fully saturated rings. The first kappa shape index (κ1) is 16.9. The van der Waals surface area contributed by atoms with Crippen LogP contribution in [0.3, 0.4) is 0 Å². The molecule has 1 heterocycles. The molecule has 21 heavy (non-hydrogen) atoms.